The molecule has 2 atom stereocenters. The Kier molecular flexibility index (Phi) is 7.53. The number of carbonyl (C=O) groups excluding carboxylic acids is 2. The Morgan fingerprint density at radius 2 is 1.97 bits per heavy atom. The first-order valence-electron chi connectivity index (χ1n) is 11.0. The van der Waals surface area contributed by atoms with Crippen LogP contribution in [0.2, 0.25) is 0 Å². The van der Waals surface area contributed by atoms with E-state index in [1.807, 2.05) is 23.1 Å². The summed E-state index contributed by atoms with van der Waals surface area (Å²) in [4.78, 5) is 29.6. The highest BCUT2D eigenvalue weighted by Crippen LogP contribution is 2.32. The highest BCUT2D eigenvalue weighted by Gasteiger charge is 2.36. The fourth-order valence-electron chi connectivity index (χ4n) is 4.29. The molecule has 1 aliphatic carbocycles. The van der Waals surface area contributed by atoms with E-state index in [1.165, 1.54) is 0 Å². The smallest absolute Gasteiger partial charge is 0.225 e. The molecular weight excluding hydrogens is 366 g/mol. The predicted octanol–water partition coefficient (Wildman–Crippen LogP) is 2.84. The quantitative estimate of drug-likeness (QED) is 0.691. The molecule has 29 heavy (non-hydrogen) atoms. The SMILES string of the molecule is CCN(CC)C(CNC(=O)C1CCCN(C(=O)C2CC2)C1)c1cccc(OC)c1. The Bertz CT molecular complexity index is 700. The molecule has 2 amide bonds. The molecule has 160 valence electrons. The molecule has 6 heteroatoms. The molecule has 3 rings (SSSR count). The molecular formula is C23H35N3O3. The lowest BCUT2D eigenvalue weighted by molar-refractivity contribution is -0.136. The van der Waals surface area contributed by atoms with Crippen molar-refractivity contribution in [2.24, 2.45) is 11.8 Å². The maximum Gasteiger partial charge on any atom is 0.225 e. The molecule has 2 aliphatic rings. The Morgan fingerprint density at radius 1 is 1.21 bits per heavy atom. The molecule has 0 bridgehead atoms. The summed E-state index contributed by atoms with van der Waals surface area (Å²) in [5.41, 5.74) is 1.14. The zero-order valence-electron chi connectivity index (χ0n) is 18.0. The fourth-order valence-corrected chi connectivity index (χ4v) is 4.29. The number of likely N-dealkylation sites (tertiary alicyclic amines) is 1. The van der Waals surface area contributed by atoms with Gasteiger partial charge < -0.3 is 15.0 Å². The summed E-state index contributed by atoms with van der Waals surface area (Å²) in [6.45, 7) is 8.01. The lowest BCUT2D eigenvalue weighted by atomic mass is 9.96. The second kappa shape index (κ2) is 10.1. The van der Waals surface area contributed by atoms with Gasteiger partial charge in [-0.2, -0.15) is 0 Å². The van der Waals surface area contributed by atoms with E-state index in [-0.39, 0.29) is 29.7 Å². The topological polar surface area (TPSA) is 61.9 Å². The molecule has 0 spiro atoms. The largest absolute Gasteiger partial charge is 0.497 e. The van der Waals surface area contributed by atoms with Crippen molar-refractivity contribution < 1.29 is 14.3 Å². The summed E-state index contributed by atoms with van der Waals surface area (Å²) in [6.07, 6.45) is 3.79. The molecule has 1 heterocycles. The highest BCUT2D eigenvalue weighted by molar-refractivity contribution is 5.83. The van der Waals surface area contributed by atoms with Gasteiger partial charge in [-0.15, -0.1) is 0 Å². The van der Waals surface area contributed by atoms with Crippen LogP contribution < -0.4 is 10.1 Å². The van der Waals surface area contributed by atoms with Crippen LogP contribution in [0.4, 0.5) is 0 Å². The van der Waals surface area contributed by atoms with Crippen LogP contribution in [-0.4, -0.2) is 61.4 Å². The summed E-state index contributed by atoms with van der Waals surface area (Å²) in [6, 6.07) is 8.17. The number of methoxy groups -OCH3 is 1. The molecule has 2 unspecified atom stereocenters. The summed E-state index contributed by atoms with van der Waals surface area (Å²) in [7, 11) is 1.67. The van der Waals surface area contributed by atoms with Gasteiger partial charge in [0.25, 0.3) is 0 Å². The van der Waals surface area contributed by atoms with E-state index in [1.54, 1.807) is 7.11 Å². The molecule has 1 saturated carbocycles. The number of nitrogens with one attached hydrogen (secondary N) is 1. The lowest BCUT2D eigenvalue weighted by Gasteiger charge is -2.34. The number of hydrogen-bond donors (Lipinski definition) is 1. The third kappa shape index (κ3) is 5.50. The van der Waals surface area contributed by atoms with Crippen molar-refractivity contribution >= 4 is 11.8 Å². The van der Waals surface area contributed by atoms with Crippen molar-refractivity contribution in [2.45, 2.75) is 45.6 Å². The average Bonchev–Trinajstić information content (AvgIpc) is 3.61. The van der Waals surface area contributed by atoms with Crippen molar-refractivity contribution in [2.75, 3.05) is 39.8 Å². The van der Waals surface area contributed by atoms with Crippen LogP contribution in [0, 0.1) is 11.8 Å². The van der Waals surface area contributed by atoms with Gasteiger partial charge >= 0.3 is 0 Å². The van der Waals surface area contributed by atoms with E-state index >= 15 is 0 Å². The molecule has 1 aromatic rings. The van der Waals surface area contributed by atoms with E-state index < -0.39 is 0 Å². The van der Waals surface area contributed by atoms with E-state index in [2.05, 4.69) is 30.1 Å². The predicted molar refractivity (Wildman–Crippen MR) is 114 cm³/mol. The van der Waals surface area contributed by atoms with Gasteiger partial charge in [0.15, 0.2) is 0 Å². The van der Waals surface area contributed by atoms with Crippen LogP contribution in [0.15, 0.2) is 24.3 Å². The molecule has 6 nitrogen and oxygen atoms in total. The number of nitrogens with zero attached hydrogens (tertiary/aromatic N) is 2. The number of rotatable bonds is 9. The number of ether oxygens (including phenoxy) is 1. The van der Waals surface area contributed by atoms with Gasteiger partial charge in [0, 0.05) is 25.6 Å². The van der Waals surface area contributed by atoms with Gasteiger partial charge in [-0.25, -0.2) is 0 Å². The van der Waals surface area contributed by atoms with Crippen molar-refractivity contribution in [1.29, 1.82) is 0 Å². The van der Waals surface area contributed by atoms with Crippen LogP contribution in [0.1, 0.15) is 51.1 Å². The third-order valence-corrected chi connectivity index (χ3v) is 6.23. The summed E-state index contributed by atoms with van der Waals surface area (Å²) < 4.78 is 5.39. The van der Waals surface area contributed by atoms with Gasteiger partial charge in [-0.1, -0.05) is 26.0 Å². The zero-order chi connectivity index (χ0) is 20.8. The van der Waals surface area contributed by atoms with E-state index in [4.69, 9.17) is 4.74 Å². The van der Waals surface area contributed by atoms with Gasteiger partial charge in [0.1, 0.15) is 5.75 Å². The number of hydrogen-bond acceptors (Lipinski definition) is 4. The van der Waals surface area contributed by atoms with Gasteiger partial charge in [0.2, 0.25) is 11.8 Å². The van der Waals surface area contributed by atoms with Crippen molar-refractivity contribution in [3.05, 3.63) is 29.8 Å². The zero-order valence-corrected chi connectivity index (χ0v) is 18.0. The van der Waals surface area contributed by atoms with E-state index in [9.17, 15) is 9.59 Å². The van der Waals surface area contributed by atoms with Crippen molar-refractivity contribution in [1.82, 2.24) is 15.1 Å². The molecule has 1 saturated heterocycles. The summed E-state index contributed by atoms with van der Waals surface area (Å²) >= 11 is 0. The second-order valence-corrected chi connectivity index (χ2v) is 8.16. The Hall–Kier alpha value is -2.08. The first kappa shape index (κ1) is 21.6. The number of likely N-dealkylation sites (N-methyl/N-ethyl adjacent to an activating group) is 1. The first-order chi connectivity index (χ1) is 14.1. The van der Waals surface area contributed by atoms with Gasteiger partial charge in [-0.3, -0.25) is 14.5 Å². The van der Waals surface area contributed by atoms with Crippen LogP contribution in [-0.2, 0) is 9.59 Å². The molecule has 0 aromatic heterocycles. The van der Waals surface area contributed by atoms with Crippen molar-refractivity contribution in [3.8, 4) is 5.75 Å². The van der Waals surface area contributed by atoms with E-state index in [0.29, 0.717) is 13.1 Å². The second-order valence-electron chi connectivity index (χ2n) is 8.16. The Labute approximate surface area is 174 Å². The Morgan fingerprint density at radius 3 is 2.62 bits per heavy atom. The molecule has 1 aromatic carbocycles. The lowest BCUT2D eigenvalue weighted by Crippen LogP contribution is -2.47. The molecule has 1 N–H and O–H groups in total. The fraction of sp³-hybridized carbons (Fsp3) is 0.652. The Balaban J connectivity index is 1.63. The van der Waals surface area contributed by atoms with Crippen LogP contribution in [0.5, 0.6) is 5.75 Å². The minimum absolute atomic E-state index is 0.0679. The minimum atomic E-state index is -0.103. The maximum absolute atomic E-state index is 12.9. The monoisotopic (exact) mass is 401 g/mol. The molecule has 2 fully saturated rings. The number of amides is 2. The summed E-state index contributed by atoms with van der Waals surface area (Å²) in [5, 5.41) is 3.18. The minimum Gasteiger partial charge on any atom is -0.497 e. The number of benzene rings is 1. The molecule has 1 aliphatic heterocycles. The van der Waals surface area contributed by atoms with Crippen LogP contribution in [0.25, 0.3) is 0 Å². The third-order valence-electron chi connectivity index (χ3n) is 6.23. The van der Waals surface area contributed by atoms with E-state index in [0.717, 1.165) is 56.6 Å². The number of piperidine rings is 1. The normalized spacial score (nSPS) is 20.4. The van der Waals surface area contributed by atoms with Gasteiger partial charge in [0.05, 0.1) is 19.1 Å². The average molecular weight is 402 g/mol. The van der Waals surface area contributed by atoms with Gasteiger partial charge in [-0.05, 0) is 56.5 Å². The first-order valence-corrected chi connectivity index (χ1v) is 11.0. The summed E-state index contributed by atoms with van der Waals surface area (Å²) in [5.74, 6) is 1.26. The maximum atomic E-state index is 12.9. The number of carbonyl (C=O) groups is 2. The van der Waals surface area contributed by atoms with Crippen molar-refractivity contribution in [3.63, 3.8) is 0 Å². The van der Waals surface area contributed by atoms with Crippen LogP contribution in [0.3, 0.4) is 0 Å². The standard InChI is InChI=1S/C23H35N3O3/c1-4-25(5-2)21(18-8-6-10-20(14-18)29-3)15-24-22(27)19-9-7-13-26(16-19)23(28)17-11-12-17/h6,8,10,14,17,19,21H,4-5,7,9,11-13,15-16H2,1-3H3,(H,24,27). The molecule has 0 radical (unpaired) electrons. The van der Waals surface area contributed by atoms with Crippen LogP contribution >= 0.6 is 0 Å². The highest BCUT2D eigenvalue weighted by atomic mass is 16.5.